The van der Waals surface area contributed by atoms with E-state index < -0.39 is 6.10 Å². The summed E-state index contributed by atoms with van der Waals surface area (Å²) in [7, 11) is 1.39. The van der Waals surface area contributed by atoms with Crippen molar-refractivity contribution in [3.63, 3.8) is 0 Å². The number of hydrogen-bond acceptors (Lipinski definition) is 4. The van der Waals surface area contributed by atoms with Gasteiger partial charge in [0, 0.05) is 18.5 Å². The Labute approximate surface area is 126 Å². The minimum atomic E-state index is -0.596. The molecule has 2 rings (SSSR count). The number of rotatable bonds is 8. The third-order valence-electron chi connectivity index (χ3n) is 4.02. The minimum absolute atomic E-state index is 0.107. The second-order valence-electron chi connectivity index (χ2n) is 5.70. The lowest BCUT2D eigenvalue weighted by molar-refractivity contribution is -0.141. The standard InChI is InChI=1S/C17H25NO3/c1-3-12-4-6-13(7-5-12)17(20)15(18-14-8-9-14)10-11-16(19)21-2/h4-7,14-15,17-18,20H,3,8-11H2,1-2H3. The number of carbonyl (C=O) groups is 1. The van der Waals surface area contributed by atoms with Gasteiger partial charge in [-0.15, -0.1) is 0 Å². The van der Waals surface area contributed by atoms with Gasteiger partial charge >= 0.3 is 5.97 Å². The van der Waals surface area contributed by atoms with E-state index in [1.807, 2.05) is 24.3 Å². The molecule has 1 aliphatic rings. The third-order valence-corrected chi connectivity index (χ3v) is 4.02. The Kier molecular flexibility index (Phi) is 5.76. The van der Waals surface area contributed by atoms with Crippen LogP contribution in [0, 0.1) is 0 Å². The predicted molar refractivity (Wildman–Crippen MR) is 82.0 cm³/mol. The van der Waals surface area contributed by atoms with Gasteiger partial charge in [-0.25, -0.2) is 0 Å². The lowest BCUT2D eigenvalue weighted by Gasteiger charge is -2.24. The van der Waals surface area contributed by atoms with E-state index in [2.05, 4.69) is 17.0 Å². The average molecular weight is 291 g/mol. The Morgan fingerprint density at radius 1 is 1.38 bits per heavy atom. The van der Waals surface area contributed by atoms with Gasteiger partial charge in [0.1, 0.15) is 0 Å². The van der Waals surface area contributed by atoms with Crippen LogP contribution in [0.2, 0.25) is 0 Å². The number of nitrogens with one attached hydrogen (secondary N) is 1. The molecule has 0 aromatic heterocycles. The molecule has 1 aromatic rings. The van der Waals surface area contributed by atoms with Gasteiger partial charge in [0.25, 0.3) is 0 Å². The first kappa shape index (κ1) is 16.0. The van der Waals surface area contributed by atoms with E-state index in [9.17, 15) is 9.90 Å². The first-order chi connectivity index (χ1) is 10.1. The zero-order valence-electron chi connectivity index (χ0n) is 12.8. The molecule has 1 saturated carbocycles. The largest absolute Gasteiger partial charge is 0.469 e. The average Bonchev–Trinajstić information content (AvgIpc) is 3.34. The monoisotopic (exact) mass is 291 g/mol. The van der Waals surface area contributed by atoms with Crippen LogP contribution in [0.5, 0.6) is 0 Å². The Hall–Kier alpha value is -1.39. The molecule has 0 radical (unpaired) electrons. The second-order valence-corrected chi connectivity index (χ2v) is 5.70. The van der Waals surface area contributed by atoms with Crippen molar-refractivity contribution in [3.8, 4) is 0 Å². The van der Waals surface area contributed by atoms with Crippen molar-refractivity contribution in [2.45, 2.75) is 57.2 Å². The summed E-state index contributed by atoms with van der Waals surface area (Å²) in [4.78, 5) is 11.3. The van der Waals surface area contributed by atoms with Crippen LogP contribution in [0.4, 0.5) is 0 Å². The number of aliphatic hydroxyl groups is 1. The van der Waals surface area contributed by atoms with Gasteiger partial charge in [-0.05, 0) is 36.8 Å². The first-order valence-electron chi connectivity index (χ1n) is 7.73. The molecule has 2 atom stereocenters. The molecule has 0 saturated heterocycles. The van der Waals surface area contributed by atoms with Gasteiger partial charge in [-0.3, -0.25) is 4.79 Å². The van der Waals surface area contributed by atoms with E-state index in [-0.39, 0.29) is 12.0 Å². The lowest BCUT2D eigenvalue weighted by atomic mass is 9.97. The summed E-state index contributed by atoms with van der Waals surface area (Å²) in [6.07, 6.45) is 3.60. The van der Waals surface area contributed by atoms with Crippen LogP contribution in [0.1, 0.15) is 49.8 Å². The molecule has 1 fully saturated rings. The SMILES string of the molecule is CCc1ccc(C(O)C(CCC(=O)OC)NC2CC2)cc1. The Morgan fingerprint density at radius 2 is 2.05 bits per heavy atom. The molecule has 0 bridgehead atoms. The molecule has 4 heteroatoms. The molecule has 116 valence electrons. The van der Waals surface area contributed by atoms with Gasteiger partial charge < -0.3 is 15.2 Å². The number of hydrogen-bond donors (Lipinski definition) is 2. The minimum Gasteiger partial charge on any atom is -0.469 e. The van der Waals surface area contributed by atoms with Crippen molar-refractivity contribution in [2.75, 3.05) is 7.11 Å². The number of methoxy groups -OCH3 is 1. The normalized spacial score (nSPS) is 17.3. The molecule has 0 spiro atoms. The highest BCUT2D eigenvalue weighted by atomic mass is 16.5. The van der Waals surface area contributed by atoms with Crippen molar-refractivity contribution < 1.29 is 14.6 Å². The van der Waals surface area contributed by atoms with Crippen molar-refractivity contribution in [2.24, 2.45) is 0 Å². The highest BCUT2D eigenvalue weighted by Crippen LogP contribution is 2.26. The van der Waals surface area contributed by atoms with Crippen molar-refractivity contribution in [3.05, 3.63) is 35.4 Å². The van der Waals surface area contributed by atoms with Crippen LogP contribution in [-0.4, -0.2) is 30.3 Å². The number of aliphatic hydroxyl groups excluding tert-OH is 1. The van der Waals surface area contributed by atoms with E-state index in [0.717, 1.165) is 24.8 Å². The molecular weight excluding hydrogens is 266 g/mol. The molecule has 1 aromatic carbocycles. The molecule has 4 nitrogen and oxygen atoms in total. The van der Waals surface area contributed by atoms with Crippen molar-refractivity contribution >= 4 is 5.97 Å². The summed E-state index contributed by atoms with van der Waals surface area (Å²) in [6, 6.07) is 8.42. The number of benzene rings is 1. The zero-order valence-corrected chi connectivity index (χ0v) is 12.8. The quantitative estimate of drug-likeness (QED) is 0.722. The highest BCUT2D eigenvalue weighted by Gasteiger charge is 2.29. The van der Waals surface area contributed by atoms with E-state index in [1.165, 1.54) is 12.7 Å². The van der Waals surface area contributed by atoms with Crippen LogP contribution in [0.25, 0.3) is 0 Å². The van der Waals surface area contributed by atoms with Gasteiger partial charge in [-0.2, -0.15) is 0 Å². The fraction of sp³-hybridized carbons (Fsp3) is 0.588. The maximum Gasteiger partial charge on any atom is 0.305 e. The second kappa shape index (κ2) is 7.57. The summed E-state index contributed by atoms with van der Waals surface area (Å²) in [6.45, 7) is 2.11. The molecule has 2 unspecified atom stereocenters. The number of aryl methyl sites for hydroxylation is 1. The zero-order chi connectivity index (χ0) is 15.2. The van der Waals surface area contributed by atoms with Gasteiger partial charge in [0.15, 0.2) is 0 Å². The van der Waals surface area contributed by atoms with Crippen LogP contribution in [0.3, 0.4) is 0 Å². The van der Waals surface area contributed by atoms with E-state index in [1.54, 1.807) is 0 Å². The smallest absolute Gasteiger partial charge is 0.305 e. The fourth-order valence-electron chi connectivity index (χ4n) is 2.44. The topological polar surface area (TPSA) is 58.6 Å². The summed E-state index contributed by atoms with van der Waals surface area (Å²) in [5.41, 5.74) is 2.16. The van der Waals surface area contributed by atoms with E-state index in [0.29, 0.717) is 18.9 Å². The van der Waals surface area contributed by atoms with Gasteiger partial charge in [0.05, 0.1) is 13.2 Å². The summed E-state index contributed by atoms with van der Waals surface area (Å²) < 4.78 is 4.69. The maximum absolute atomic E-state index is 11.3. The molecule has 21 heavy (non-hydrogen) atoms. The molecule has 0 amide bonds. The molecule has 0 heterocycles. The van der Waals surface area contributed by atoms with Crippen LogP contribution < -0.4 is 5.32 Å². The number of carbonyl (C=O) groups excluding carboxylic acids is 1. The van der Waals surface area contributed by atoms with Crippen LogP contribution >= 0.6 is 0 Å². The Bertz CT molecular complexity index is 454. The molecular formula is C17H25NO3. The van der Waals surface area contributed by atoms with Gasteiger partial charge in [-0.1, -0.05) is 31.2 Å². The van der Waals surface area contributed by atoms with Crippen LogP contribution in [-0.2, 0) is 16.0 Å². The molecule has 2 N–H and O–H groups in total. The highest BCUT2D eigenvalue weighted by molar-refractivity contribution is 5.69. The summed E-state index contributed by atoms with van der Waals surface area (Å²) >= 11 is 0. The Morgan fingerprint density at radius 3 is 2.57 bits per heavy atom. The fourth-order valence-corrected chi connectivity index (χ4v) is 2.44. The maximum atomic E-state index is 11.3. The van der Waals surface area contributed by atoms with Crippen molar-refractivity contribution in [1.82, 2.24) is 5.32 Å². The number of ether oxygens (including phenoxy) is 1. The van der Waals surface area contributed by atoms with Crippen molar-refractivity contribution in [1.29, 1.82) is 0 Å². The van der Waals surface area contributed by atoms with Gasteiger partial charge in [0.2, 0.25) is 0 Å². The summed E-state index contributed by atoms with van der Waals surface area (Å²) in [5.74, 6) is -0.230. The van der Waals surface area contributed by atoms with Crippen LogP contribution in [0.15, 0.2) is 24.3 Å². The summed E-state index contributed by atoms with van der Waals surface area (Å²) in [5, 5.41) is 14.0. The first-order valence-corrected chi connectivity index (χ1v) is 7.73. The number of esters is 1. The van der Waals surface area contributed by atoms with E-state index >= 15 is 0 Å². The predicted octanol–water partition coefficient (Wildman–Crippen LogP) is 2.36. The Balaban J connectivity index is 2.00. The molecule has 0 aliphatic heterocycles. The third kappa shape index (κ3) is 4.83. The van der Waals surface area contributed by atoms with E-state index in [4.69, 9.17) is 0 Å². The lowest BCUT2D eigenvalue weighted by Crippen LogP contribution is -2.37. The molecule has 1 aliphatic carbocycles.